The van der Waals surface area contributed by atoms with Crippen molar-refractivity contribution < 1.29 is 14.3 Å². The molecule has 0 bridgehead atoms. The quantitative estimate of drug-likeness (QED) is 0.518. The normalized spacial score (nSPS) is 14.5. The van der Waals surface area contributed by atoms with Crippen LogP contribution in [0, 0.1) is 5.92 Å². The summed E-state index contributed by atoms with van der Waals surface area (Å²) in [5.41, 5.74) is 4.48. The Morgan fingerprint density at radius 3 is 2.32 bits per heavy atom. The van der Waals surface area contributed by atoms with Gasteiger partial charge in [0, 0.05) is 31.3 Å². The zero-order valence-electron chi connectivity index (χ0n) is 16.8. The fraction of sp³-hybridized carbons (Fsp3) is 0.154. The Morgan fingerprint density at radius 2 is 1.61 bits per heavy atom. The van der Waals surface area contributed by atoms with Gasteiger partial charge in [0.25, 0.3) is 0 Å². The van der Waals surface area contributed by atoms with E-state index < -0.39 is 5.97 Å². The van der Waals surface area contributed by atoms with Crippen LogP contribution in [-0.2, 0) is 11.3 Å². The van der Waals surface area contributed by atoms with Gasteiger partial charge in [-0.2, -0.15) is 0 Å². The van der Waals surface area contributed by atoms with Crippen molar-refractivity contribution in [1.29, 1.82) is 0 Å². The smallest absolute Gasteiger partial charge is 0.309 e. The number of fused-ring (bicyclic) bond motifs is 1. The van der Waals surface area contributed by atoms with Gasteiger partial charge in [0.2, 0.25) is 0 Å². The van der Waals surface area contributed by atoms with E-state index >= 15 is 0 Å². The number of hydrogen-bond donors (Lipinski definition) is 1. The summed E-state index contributed by atoms with van der Waals surface area (Å²) >= 11 is 0. The highest BCUT2D eigenvalue weighted by molar-refractivity contribution is 5.84. The van der Waals surface area contributed by atoms with Crippen LogP contribution >= 0.6 is 0 Å². The number of benzene rings is 3. The third-order valence-corrected chi connectivity index (χ3v) is 5.79. The highest BCUT2D eigenvalue weighted by Gasteiger charge is 2.32. The molecule has 1 saturated heterocycles. The fourth-order valence-corrected chi connectivity index (χ4v) is 4.00. The molecule has 1 aliphatic rings. The van der Waals surface area contributed by atoms with E-state index in [0.29, 0.717) is 29.8 Å². The van der Waals surface area contributed by atoms with Crippen LogP contribution in [-0.4, -0.2) is 29.1 Å². The Labute approximate surface area is 179 Å². The van der Waals surface area contributed by atoms with Gasteiger partial charge in [-0.05, 0) is 28.8 Å². The Kier molecular flexibility index (Phi) is 4.88. The number of carbonyl (C=O) groups is 1. The van der Waals surface area contributed by atoms with Crippen LogP contribution in [0.3, 0.4) is 0 Å². The molecule has 1 fully saturated rings. The van der Waals surface area contributed by atoms with Gasteiger partial charge in [-0.1, -0.05) is 60.7 Å². The molecular weight excluding hydrogens is 390 g/mol. The topological polar surface area (TPSA) is 70.8 Å². The summed E-state index contributed by atoms with van der Waals surface area (Å²) in [5.74, 6) is -0.402. The van der Waals surface area contributed by atoms with Crippen LogP contribution < -0.4 is 5.43 Å². The molecule has 0 spiro atoms. The summed E-state index contributed by atoms with van der Waals surface area (Å²) in [5, 5.41) is 9.55. The molecule has 31 heavy (non-hydrogen) atoms. The number of rotatable bonds is 5. The van der Waals surface area contributed by atoms with Crippen LogP contribution in [0.4, 0.5) is 0 Å². The minimum absolute atomic E-state index is 0.0654. The summed E-state index contributed by atoms with van der Waals surface area (Å²) in [6.07, 6.45) is 0. The van der Waals surface area contributed by atoms with E-state index in [1.165, 1.54) is 0 Å². The summed E-state index contributed by atoms with van der Waals surface area (Å²) in [6.45, 7) is 1.94. The van der Waals surface area contributed by atoms with Gasteiger partial charge in [-0.15, -0.1) is 0 Å². The number of likely N-dealkylation sites (tertiary alicyclic amines) is 1. The van der Waals surface area contributed by atoms with Crippen LogP contribution in [0.2, 0.25) is 0 Å². The van der Waals surface area contributed by atoms with Gasteiger partial charge < -0.3 is 9.52 Å². The maximum Gasteiger partial charge on any atom is 0.309 e. The first-order valence-electron chi connectivity index (χ1n) is 10.2. The van der Waals surface area contributed by atoms with Crippen molar-refractivity contribution in [3.8, 4) is 22.5 Å². The highest BCUT2D eigenvalue weighted by Crippen LogP contribution is 2.27. The molecule has 0 atom stereocenters. The molecule has 5 rings (SSSR count). The molecule has 0 unspecified atom stereocenters. The van der Waals surface area contributed by atoms with E-state index in [4.69, 9.17) is 9.52 Å². The fourth-order valence-electron chi connectivity index (χ4n) is 4.00. The second-order valence-electron chi connectivity index (χ2n) is 7.98. The molecule has 0 saturated carbocycles. The summed E-state index contributed by atoms with van der Waals surface area (Å²) in [4.78, 5) is 25.8. The SMILES string of the molecule is O=C(O)C1CN(Cc2ccc(-c3ccc4oc(-c5ccccc5)cc(=O)c4c3)cc2)C1. The molecule has 4 aromatic rings. The van der Waals surface area contributed by atoms with Crippen molar-refractivity contribution in [2.24, 2.45) is 5.92 Å². The van der Waals surface area contributed by atoms with Gasteiger partial charge in [-0.3, -0.25) is 14.5 Å². The van der Waals surface area contributed by atoms with Crippen LogP contribution in [0.5, 0.6) is 0 Å². The van der Waals surface area contributed by atoms with E-state index in [1.807, 2.05) is 60.7 Å². The maximum absolute atomic E-state index is 12.7. The third-order valence-electron chi connectivity index (χ3n) is 5.79. The standard InChI is InChI=1S/C26H21NO4/c28-23-13-25(19-4-2-1-3-5-19)31-24-11-10-20(12-22(23)24)18-8-6-17(7-9-18)14-27-15-21(16-27)26(29)30/h1-13,21H,14-16H2,(H,29,30). The van der Waals surface area contributed by atoms with E-state index in [1.54, 1.807) is 6.07 Å². The molecule has 0 amide bonds. The molecule has 3 aromatic carbocycles. The lowest BCUT2D eigenvalue weighted by Crippen LogP contribution is -2.49. The minimum atomic E-state index is -0.719. The largest absolute Gasteiger partial charge is 0.481 e. The van der Waals surface area contributed by atoms with Crippen molar-refractivity contribution in [3.63, 3.8) is 0 Å². The van der Waals surface area contributed by atoms with Crippen molar-refractivity contribution in [2.75, 3.05) is 13.1 Å². The summed E-state index contributed by atoms with van der Waals surface area (Å²) in [7, 11) is 0. The Hall–Kier alpha value is -3.70. The highest BCUT2D eigenvalue weighted by atomic mass is 16.4. The lowest BCUT2D eigenvalue weighted by molar-refractivity contribution is -0.147. The van der Waals surface area contributed by atoms with E-state index in [-0.39, 0.29) is 11.3 Å². The zero-order valence-corrected chi connectivity index (χ0v) is 16.8. The first-order chi connectivity index (χ1) is 15.1. The van der Waals surface area contributed by atoms with Crippen molar-refractivity contribution in [1.82, 2.24) is 4.90 Å². The van der Waals surface area contributed by atoms with Gasteiger partial charge in [-0.25, -0.2) is 0 Å². The lowest BCUT2D eigenvalue weighted by atomic mass is 9.98. The Balaban J connectivity index is 1.37. The molecule has 154 valence electrons. The Bertz CT molecular complexity index is 1300. The van der Waals surface area contributed by atoms with E-state index in [2.05, 4.69) is 17.0 Å². The maximum atomic E-state index is 12.7. The zero-order chi connectivity index (χ0) is 21.4. The summed E-state index contributed by atoms with van der Waals surface area (Å²) < 4.78 is 5.98. The number of nitrogens with zero attached hydrogens (tertiary/aromatic N) is 1. The Morgan fingerprint density at radius 1 is 0.903 bits per heavy atom. The van der Waals surface area contributed by atoms with E-state index in [0.717, 1.165) is 28.8 Å². The first-order valence-corrected chi connectivity index (χ1v) is 10.2. The van der Waals surface area contributed by atoms with Gasteiger partial charge >= 0.3 is 5.97 Å². The predicted molar refractivity (Wildman–Crippen MR) is 120 cm³/mol. The molecule has 1 aliphatic heterocycles. The molecule has 1 aromatic heterocycles. The molecule has 5 nitrogen and oxygen atoms in total. The lowest BCUT2D eigenvalue weighted by Gasteiger charge is -2.36. The number of carboxylic acid groups (broad SMARTS) is 1. The van der Waals surface area contributed by atoms with E-state index in [9.17, 15) is 9.59 Å². The van der Waals surface area contributed by atoms with Crippen molar-refractivity contribution in [2.45, 2.75) is 6.54 Å². The number of aliphatic carboxylic acids is 1. The average Bonchev–Trinajstić information content (AvgIpc) is 2.76. The average molecular weight is 411 g/mol. The predicted octanol–water partition coefficient (Wildman–Crippen LogP) is 4.64. The molecule has 1 N–H and O–H groups in total. The van der Waals surface area contributed by atoms with Gasteiger partial charge in [0.15, 0.2) is 5.43 Å². The minimum Gasteiger partial charge on any atom is -0.481 e. The first kappa shape index (κ1) is 19.3. The molecule has 5 heteroatoms. The molecule has 2 heterocycles. The van der Waals surface area contributed by atoms with Crippen molar-refractivity contribution >= 4 is 16.9 Å². The second-order valence-corrected chi connectivity index (χ2v) is 7.98. The van der Waals surface area contributed by atoms with Crippen LogP contribution in [0.1, 0.15) is 5.56 Å². The van der Waals surface area contributed by atoms with Crippen LogP contribution in [0.25, 0.3) is 33.4 Å². The van der Waals surface area contributed by atoms with Crippen molar-refractivity contribution in [3.05, 3.63) is 94.6 Å². The second kappa shape index (κ2) is 7.85. The number of hydrogen-bond acceptors (Lipinski definition) is 4. The molecular formula is C26H21NO4. The third kappa shape index (κ3) is 3.88. The summed E-state index contributed by atoms with van der Waals surface area (Å²) in [6, 6.07) is 25.0. The molecule has 0 aliphatic carbocycles. The number of carboxylic acids is 1. The van der Waals surface area contributed by atoms with Gasteiger partial charge in [0.05, 0.1) is 11.3 Å². The molecule has 0 radical (unpaired) electrons. The van der Waals surface area contributed by atoms with Gasteiger partial charge in [0.1, 0.15) is 11.3 Å². The monoisotopic (exact) mass is 411 g/mol. The van der Waals surface area contributed by atoms with Crippen LogP contribution in [0.15, 0.2) is 88.1 Å².